The zero-order valence-corrected chi connectivity index (χ0v) is 18.6. The molecule has 0 spiro atoms. The highest BCUT2D eigenvalue weighted by Crippen LogP contribution is 2.29. The van der Waals surface area contributed by atoms with Crippen LogP contribution < -0.4 is 10.1 Å². The Balaban J connectivity index is 0.00000320. The maximum Gasteiger partial charge on any atom is 0.129 e. The molecule has 0 radical (unpaired) electrons. The van der Waals surface area contributed by atoms with Crippen molar-refractivity contribution in [3.8, 4) is 5.75 Å². The van der Waals surface area contributed by atoms with Crippen LogP contribution in [0.4, 0.5) is 4.39 Å². The summed E-state index contributed by atoms with van der Waals surface area (Å²) in [6, 6.07) is 19.2. The minimum Gasteiger partial charge on any atom is -0.488 e. The first-order valence-corrected chi connectivity index (χ1v) is 10.9. The van der Waals surface area contributed by atoms with E-state index in [-0.39, 0.29) is 24.8 Å². The van der Waals surface area contributed by atoms with Crippen molar-refractivity contribution in [2.45, 2.75) is 58.6 Å². The molecular formula is C26H33ClFNO. The highest BCUT2D eigenvalue weighted by molar-refractivity contribution is 5.87. The Morgan fingerprint density at radius 3 is 2.40 bits per heavy atom. The fourth-order valence-electron chi connectivity index (χ4n) is 3.65. The molecule has 2 nitrogen and oxygen atoms in total. The molecule has 0 aliphatic rings. The van der Waals surface area contributed by atoms with Crippen LogP contribution in [0.25, 0.3) is 10.8 Å². The number of hydrogen-bond donors (Lipinski definition) is 1. The Hall–Kier alpha value is -2.10. The van der Waals surface area contributed by atoms with Crippen molar-refractivity contribution in [1.29, 1.82) is 0 Å². The molecule has 0 saturated heterocycles. The van der Waals surface area contributed by atoms with E-state index in [1.54, 1.807) is 12.1 Å². The maximum atomic E-state index is 14.0. The van der Waals surface area contributed by atoms with Gasteiger partial charge in [0.25, 0.3) is 0 Å². The summed E-state index contributed by atoms with van der Waals surface area (Å²) in [5.74, 6) is 0.596. The smallest absolute Gasteiger partial charge is 0.129 e. The lowest BCUT2D eigenvalue weighted by molar-refractivity contribution is 0.296. The van der Waals surface area contributed by atoms with Crippen LogP contribution in [0.1, 0.15) is 56.6 Å². The Morgan fingerprint density at radius 2 is 1.57 bits per heavy atom. The zero-order chi connectivity index (χ0) is 20.3. The van der Waals surface area contributed by atoms with Gasteiger partial charge in [-0.2, -0.15) is 0 Å². The highest BCUT2D eigenvalue weighted by atomic mass is 35.5. The van der Waals surface area contributed by atoms with Gasteiger partial charge in [0.1, 0.15) is 18.2 Å². The molecule has 0 amide bonds. The van der Waals surface area contributed by atoms with Gasteiger partial charge < -0.3 is 10.1 Å². The van der Waals surface area contributed by atoms with E-state index in [0.29, 0.717) is 5.56 Å². The van der Waals surface area contributed by atoms with E-state index in [9.17, 15) is 4.39 Å². The van der Waals surface area contributed by atoms with Crippen molar-refractivity contribution in [3.63, 3.8) is 0 Å². The summed E-state index contributed by atoms with van der Waals surface area (Å²) in [5, 5.41) is 5.97. The normalized spacial score (nSPS) is 10.7. The topological polar surface area (TPSA) is 21.3 Å². The largest absolute Gasteiger partial charge is 0.488 e. The van der Waals surface area contributed by atoms with Gasteiger partial charge in [0.2, 0.25) is 0 Å². The van der Waals surface area contributed by atoms with Gasteiger partial charge >= 0.3 is 0 Å². The van der Waals surface area contributed by atoms with Gasteiger partial charge in [-0.05, 0) is 35.9 Å². The lowest BCUT2D eigenvalue weighted by atomic mass is 10.0. The average molecular weight is 430 g/mol. The first-order chi connectivity index (χ1) is 14.3. The molecule has 3 rings (SSSR count). The molecule has 30 heavy (non-hydrogen) atoms. The predicted molar refractivity (Wildman–Crippen MR) is 127 cm³/mol. The van der Waals surface area contributed by atoms with Gasteiger partial charge in [-0.3, -0.25) is 0 Å². The van der Waals surface area contributed by atoms with Crippen LogP contribution in [0.15, 0.2) is 60.7 Å². The SMILES string of the molecule is CCCCCCCCNCc1c(OCc2ccccc2F)ccc2ccccc12.Cl. The fourth-order valence-corrected chi connectivity index (χ4v) is 3.65. The van der Waals surface area contributed by atoms with Gasteiger partial charge in [0.15, 0.2) is 0 Å². The lowest BCUT2D eigenvalue weighted by Crippen LogP contribution is -2.16. The second-order valence-electron chi connectivity index (χ2n) is 7.59. The van der Waals surface area contributed by atoms with Crippen LogP contribution in [-0.2, 0) is 13.2 Å². The van der Waals surface area contributed by atoms with Crippen molar-refractivity contribution in [2.75, 3.05) is 6.54 Å². The number of halogens is 2. The van der Waals surface area contributed by atoms with Gasteiger partial charge in [-0.25, -0.2) is 4.39 Å². The predicted octanol–water partition coefficient (Wildman–Crippen LogP) is 7.43. The van der Waals surface area contributed by atoms with Crippen LogP contribution >= 0.6 is 12.4 Å². The minimum absolute atomic E-state index is 0. The summed E-state index contributed by atoms with van der Waals surface area (Å²) in [6.07, 6.45) is 7.76. The summed E-state index contributed by atoms with van der Waals surface area (Å²) >= 11 is 0. The van der Waals surface area contributed by atoms with Crippen LogP contribution in [0, 0.1) is 5.82 Å². The molecule has 0 aliphatic carbocycles. The number of benzene rings is 3. The van der Waals surface area contributed by atoms with Gasteiger partial charge in [-0.1, -0.05) is 87.6 Å². The molecule has 0 heterocycles. The molecule has 0 aliphatic heterocycles. The monoisotopic (exact) mass is 429 g/mol. The number of ether oxygens (including phenoxy) is 1. The summed E-state index contributed by atoms with van der Waals surface area (Å²) < 4.78 is 20.0. The summed E-state index contributed by atoms with van der Waals surface area (Å²) in [4.78, 5) is 0. The van der Waals surface area contributed by atoms with Crippen molar-refractivity contribution in [1.82, 2.24) is 5.32 Å². The average Bonchev–Trinajstić information content (AvgIpc) is 2.75. The highest BCUT2D eigenvalue weighted by Gasteiger charge is 2.10. The van der Waals surface area contributed by atoms with E-state index in [4.69, 9.17) is 4.74 Å². The van der Waals surface area contributed by atoms with Crippen LogP contribution in [0.5, 0.6) is 5.75 Å². The maximum absolute atomic E-state index is 14.0. The zero-order valence-electron chi connectivity index (χ0n) is 17.8. The number of fused-ring (bicyclic) bond motifs is 1. The molecule has 3 aromatic carbocycles. The minimum atomic E-state index is -0.226. The molecule has 0 bridgehead atoms. The van der Waals surface area contributed by atoms with Crippen molar-refractivity contribution in [2.24, 2.45) is 0 Å². The van der Waals surface area contributed by atoms with Crippen molar-refractivity contribution in [3.05, 3.63) is 77.6 Å². The lowest BCUT2D eigenvalue weighted by Gasteiger charge is -2.15. The fraction of sp³-hybridized carbons (Fsp3) is 0.385. The Labute approximate surface area is 186 Å². The molecular weight excluding hydrogens is 397 g/mol. The molecule has 4 heteroatoms. The Morgan fingerprint density at radius 1 is 0.833 bits per heavy atom. The van der Waals surface area contributed by atoms with Crippen LogP contribution in [0.3, 0.4) is 0 Å². The van der Waals surface area contributed by atoms with Crippen LogP contribution in [0.2, 0.25) is 0 Å². The van der Waals surface area contributed by atoms with Gasteiger partial charge in [-0.15, -0.1) is 12.4 Å². The van der Waals surface area contributed by atoms with Crippen LogP contribution in [-0.4, -0.2) is 6.54 Å². The second-order valence-corrected chi connectivity index (χ2v) is 7.59. The summed E-state index contributed by atoms with van der Waals surface area (Å²) in [6.45, 7) is 4.23. The first-order valence-electron chi connectivity index (χ1n) is 10.9. The Kier molecular flexibility index (Phi) is 10.7. The van der Waals surface area contributed by atoms with E-state index < -0.39 is 0 Å². The van der Waals surface area contributed by atoms with Crippen molar-refractivity contribution < 1.29 is 9.13 Å². The molecule has 0 atom stereocenters. The summed E-state index contributed by atoms with van der Waals surface area (Å²) in [7, 11) is 0. The molecule has 0 saturated carbocycles. The molecule has 0 unspecified atom stereocenters. The molecule has 162 valence electrons. The second kappa shape index (κ2) is 13.3. The van der Waals surface area contributed by atoms with E-state index >= 15 is 0 Å². The van der Waals surface area contributed by atoms with E-state index in [0.717, 1.165) is 24.4 Å². The quantitative estimate of drug-likeness (QED) is 0.302. The molecule has 3 aromatic rings. The number of nitrogens with one attached hydrogen (secondary N) is 1. The van der Waals surface area contributed by atoms with Gasteiger partial charge in [0.05, 0.1) is 0 Å². The Bertz CT molecular complexity index is 899. The standard InChI is InChI=1S/C26H32FNO.ClH/c1-2-3-4-5-6-11-18-28-19-24-23-14-9-7-12-21(23)16-17-26(24)29-20-22-13-8-10-15-25(22)27;/h7-10,12-17,28H,2-6,11,18-20H2,1H3;1H. The first kappa shape index (κ1) is 24.2. The third-order valence-corrected chi connectivity index (χ3v) is 5.35. The molecule has 1 N–H and O–H groups in total. The van der Waals surface area contributed by atoms with E-state index in [1.807, 2.05) is 12.1 Å². The molecule has 0 aromatic heterocycles. The van der Waals surface area contributed by atoms with Gasteiger partial charge in [0, 0.05) is 17.7 Å². The van der Waals surface area contributed by atoms with E-state index in [2.05, 4.69) is 42.6 Å². The third kappa shape index (κ3) is 7.00. The third-order valence-electron chi connectivity index (χ3n) is 5.35. The van der Waals surface area contributed by atoms with E-state index in [1.165, 1.54) is 55.4 Å². The summed E-state index contributed by atoms with van der Waals surface area (Å²) in [5.41, 5.74) is 1.72. The number of rotatable bonds is 12. The molecule has 0 fully saturated rings. The number of hydrogen-bond acceptors (Lipinski definition) is 2. The van der Waals surface area contributed by atoms with Crippen molar-refractivity contribution >= 4 is 23.2 Å². The number of unbranched alkanes of at least 4 members (excludes halogenated alkanes) is 5.